The maximum absolute atomic E-state index is 11.8. The third-order valence-corrected chi connectivity index (χ3v) is 2.51. The quantitative estimate of drug-likeness (QED) is 0.843. The lowest BCUT2D eigenvalue weighted by molar-refractivity contribution is -0.122. The fourth-order valence-electron chi connectivity index (χ4n) is 1.78. The second-order valence-electron chi connectivity index (χ2n) is 5.47. The monoisotopic (exact) mass is 234 g/mol. The van der Waals surface area contributed by atoms with Crippen molar-refractivity contribution < 1.29 is 4.79 Å². The molecule has 0 aliphatic heterocycles. The van der Waals surface area contributed by atoms with Crippen molar-refractivity contribution in [1.29, 1.82) is 0 Å². The first kappa shape index (κ1) is 13.7. The number of rotatable bonds is 3. The number of nitrogens with two attached hydrogens (primary N) is 1. The standard InChI is InChI=1S/C14H22N2O/c1-10-7-5-6-8-11(10)12(15)9-13(17)16-14(2,3)4/h5-8,12H,9,15H2,1-4H3,(H,16,17)/t12-/m0/s1. The number of hydrogen-bond donors (Lipinski definition) is 2. The van der Waals surface area contributed by atoms with Crippen LogP contribution in [0.1, 0.15) is 44.4 Å². The van der Waals surface area contributed by atoms with Crippen LogP contribution < -0.4 is 11.1 Å². The lowest BCUT2D eigenvalue weighted by Crippen LogP contribution is -2.41. The predicted molar refractivity (Wildman–Crippen MR) is 70.6 cm³/mol. The van der Waals surface area contributed by atoms with Gasteiger partial charge in [-0.1, -0.05) is 24.3 Å². The molecule has 0 saturated heterocycles. The van der Waals surface area contributed by atoms with Gasteiger partial charge in [-0.25, -0.2) is 0 Å². The van der Waals surface area contributed by atoms with E-state index in [1.54, 1.807) is 0 Å². The summed E-state index contributed by atoms with van der Waals surface area (Å²) in [6, 6.07) is 7.67. The lowest BCUT2D eigenvalue weighted by atomic mass is 9.99. The zero-order valence-corrected chi connectivity index (χ0v) is 11.1. The molecule has 3 heteroatoms. The Bertz CT molecular complexity index is 393. The highest BCUT2D eigenvalue weighted by Gasteiger charge is 2.17. The first-order chi connectivity index (χ1) is 7.79. The van der Waals surface area contributed by atoms with E-state index in [1.165, 1.54) is 0 Å². The third kappa shape index (κ3) is 4.57. The molecular weight excluding hydrogens is 212 g/mol. The van der Waals surface area contributed by atoms with E-state index in [0.717, 1.165) is 11.1 Å². The van der Waals surface area contributed by atoms with Crippen LogP contribution in [0.3, 0.4) is 0 Å². The van der Waals surface area contributed by atoms with Crippen molar-refractivity contribution in [3.8, 4) is 0 Å². The van der Waals surface area contributed by atoms with Crippen LogP contribution in [-0.4, -0.2) is 11.4 Å². The Hall–Kier alpha value is -1.35. The molecule has 0 radical (unpaired) electrons. The summed E-state index contributed by atoms with van der Waals surface area (Å²) in [6.07, 6.45) is 0.322. The molecule has 0 aromatic heterocycles. The molecule has 3 nitrogen and oxygen atoms in total. The SMILES string of the molecule is Cc1ccccc1[C@@H](N)CC(=O)NC(C)(C)C. The van der Waals surface area contributed by atoms with Gasteiger partial charge in [0.2, 0.25) is 5.91 Å². The van der Waals surface area contributed by atoms with Crippen LogP contribution in [-0.2, 0) is 4.79 Å². The van der Waals surface area contributed by atoms with E-state index in [0.29, 0.717) is 6.42 Å². The van der Waals surface area contributed by atoms with E-state index >= 15 is 0 Å². The topological polar surface area (TPSA) is 55.1 Å². The van der Waals surface area contributed by atoms with Gasteiger partial charge < -0.3 is 11.1 Å². The maximum atomic E-state index is 11.8. The smallest absolute Gasteiger partial charge is 0.222 e. The van der Waals surface area contributed by atoms with E-state index in [2.05, 4.69) is 5.32 Å². The van der Waals surface area contributed by atoms with Crippen LogP contribution in [0.2, 0.25) is 0 Å². The van der Waals surface area contributed by atoms with E-state index < -0.39 is 0 Å². The Morgan fingerprint density at radius 3 is 2.47 bits per heavy atom. The van der Waals surface area contributed by atoms with Crippen LogP contribution in [0, 0.1) is 6.92 Å². The Labute approximate surface area is 103 Å². The molecular formula is C14H22N2O. The van der Waals surface area contributed by atoms with Crippen molar-refractivity contribution in [2.75, 3.05) is 0 Å². The molecule has 1 amide bonds. The first-order valence-corrected chi connectivity index (χ1v) is 5.92. The molecule has 0 bridgehead atoms. The molecule has 0 unspecified atom stereocenters. The van der Waals surface area contributed by atoms with Crippen molar-refractivity contribution >= 4 is 5.91 Å². The second kappa shape index (κ2) is 5.32. The van der Waals surface area contributed by atoms with Gasteiger partial charge in [0.25, 0.3) is 0 Å². The number of nitrogens with one attached hydrogen (secondary N) is 1. The lowest BCUT2D eigenvalue weighted by Gasteiger charge is -2.22. The number of hydrogen-bond acceptors (Lipinski definition) is 2. The van der Waals surface area contributed by atoms with Crippen molar-refractivity contribution in [1.82, 2.24) is 5.32 Å². The molecule has 17 heavy (non-hydrogen) atoms. The van der Waals surface area contributed by atoms with E-state index in [4.69, 9.17) is 5.73 Å². The average molecular weight is 234 g/mol. The second-order valence-corrected chi connectivity index (χ2v) is 5.47. The third-order valence-electron chi connectivity index (χ3n) is 2.51. The summed E-state index contributed by atoms with van der Waals surface area (Å²) in [7, 11) is 0. The van der Waals surface area contributed by atoms with E-state index in [9.17, 15) is 4.79 Å². The molecule has 1 aromatic rings. The van der Waals surface area contributed by atoms with Gasteiger partial charge in [-0.3, -0.25) is 4.79 Å². The van der Waals surface area contributed by atoms with Gasteiger partial charge in [0, 0.05) is 18.0 Å². The van der Waals surface area contributed by atoms with Crippen molar-refractivity contribution in [2.45, 2.75) is 45.7 Å². The van der Waals surface area contributed by atoms with Crippen LogP contribution in [0.15, 0.2) is 24.3 Å². The summed E-state index contributed by atoms with van der Waals surface area (Å²) in [5.74, 6) is -0.00625. The number of carbonyl (C=O) groups excluding carboxylic acids is 1. The van der Waals surface area contributed by atoms with Gasteiger partial charge in [-0.15, -0.1) is 0 Å². The zero-order chi connectivity index (χ0) is 13.1. The summed E-state index contributed by atoms with van der Waals surface area (Å²) in [4.78, 5) is 11.8. The fraction of sp³-hybridized carbons (Fsp3) is 0.500. The molecule has 1 aromatic carbocycles. The normalized spacial score (nSPS) is 13.2. The Balaban J connectivity index is 2.64. The van der Waals surface area contributed by atoms with E-state index in [1.807, 2.05) is 52.0 Å². The van der Waals surface area contributed by atoms with Gasteiger partial charge >= 0.3 is 0 Å². The van der Waals surface area contributed by atoms with Crippen LogP contribution in [0.4, 0.5) is 0 Å². The number of carbonyl (C=O) groups is 1. The van der Waals surface area contributed by atoms with E-state index in [-0.39, 0.29) is 17.5 Å². The minimum Gasteiger partial charge on any atom is -0.351 e. The summed E-state index contributed by atoms with van der Waals surface area (Å²) in [5.41, 5.74) is 8.02. The number of amides is 1. The van der Waals surface area contributed by atoms with Gasteiger partial charge in [0.05, 0.1) is 0 Å². The highest BCUT2D eigenvalue weighted by Crippen LogP contribution is 2.18. The number of benzene rings is 1. The van der Waals surface area contributed by atoms with Gasteiger partial charge in [-0.05, 0) is 38.8 Å². The van der Waals surface area contributed by atoms with Gasteiger partial charge in [0.1, 0.15) is 0 Å². The molecule has 1 rings (SSSR count). The van der Waals surface area contributed by atoms with Crippen LogP contribution >= 0.6 is 0 Å². The predicted octanol–water partition coefficient (Wildman–Crippen LogP) is 2.30. The molecule has 94 valence electrons. The Morgan fingerprint density at radius 2 is 1.94 bits per heavy atom. The van der Waals surface area contributed by atoms with Gasteiger partial charge in [-0.2, -0.15) is 0 Å². The minimum absolute atomic E-state index is 0.00625. The highest BCUT2D eigenvalue weighted by atomic mass is 16.1. The molecule has 1 atom stereocenters. The first-order valence-electron chi connectivity index (χ1n) is 5.92. The van der Waals surface area contributed by atoms with Gasteiger partial charge in [0.15, 0.2) is 0 Å². The van der Waals surface area contributed by atoms with Crippen molar-refractivity contribution in [3.63, 3.8) is 0 Å². The van der Waals surface area contributed by atoms with Crippen molar-refractivity contribution in [3.05, 3.63) is 35.4 Å². The van der Waals surface area contributed by atoms with Crippen LogP contribution in [0.5, 0.6) is 0 Å². The molecule has 0 fully saturated rings. The largest absolute Gasteiger partial charge is 0.351 e. The Kier molecular flexibility index (Phi) is 4.29. The Morgan fingerprint density at radius 1 is 1.35 bits per heavy atom. The summed E-state index contributed by atoms with van der Waals surface area (Å²) in [6.45, 7) is 7.90. The molecule has 0 heterocycles. The fourth-order valence-corrected chi connectivity index (χ4v) is 1.78. The maximum Gasteiger partial charge on any atom is 0.222 e. The summed E-state index contributed by atoms with van der Waals surface area (Å²) >= 11 is 0. The molecule has 3 N–H and O–H groups in total. The highest BCUT2D eigenvalue weighted by molar-refractivity contribution is 5.77. The summed E-state index contributed by atoms with van der Waals surface area (Å²) in [5, 5.41) is 2.92. The summed E-state index contributed by atoms with van der Waals surface area (Å²) < 4.78 is 0. The molecule has 0 saturated carbocycles. The van der Waals surface area contributed by atoms with Crippen molar-refractivity contribution in [2.24, 2.45) is 5.73 Å². The minimum atomic E-state index is -0.237. The molecule has 0 aliphatic rings. The molecule has 0 spiro atoms. The molecule has 0 aliphatic carbocycles. The average Bonchev–Trinajstić information content (AvgIpc) is 2.14. The number of aryl methyl sites for hydroxylation is 1. The zero-order valence-electron chi connectivity index (χ0n) is 11.1. The van der Waals surface area contributed by atoms with Crippen LogP contribution in [0.25, 0.3) is 0 Å².